The van der Waals surface area contributed by atoms with Gasteiger partial charge in [-0.05, 0) is 24.3 Å². The summed E-state index contributed by atoms with van der Waals surface area (Å²) in [4.78, 5) is 12.0. The first-order valence-electron chi connectivity index (χ1n) is 6.27. The molecule has 3 aromatic rings. The van der Waals surface area contributed by atoms with Crippen molar-refractivity contribution in [2.24, 2.45) is 0 Å². The predicted molar refractivity (Wildman–Crippen MR) is 75.8 cm³/mol. The Bertz CT molecular complexity index is 791. The van der Waals surface area contributed by atoms with Gasteiger partial charge in [-0.2, -0.15) is 0 Å². The molecule has 3 rings (SSSR count). The zero-order valence-electron chi connectivity index (χ0n) is 10.8. The Hall–Kier alpha value is -2.76. The lowest BCUT2D eigenvalue weighted by molar-refractivity contribution is 0.290. The highest BCUT2D eigenvalue weighted by Gasteiger charge is 2.06. The van der Waals surface area contributed by atoms with Crippen LogP contribution in [-0.4, -0.2) is 20.8 Å². The molecule has 0 bridgehead atoms. The van der Waals surface area contributed by atoms with Crippen LogP contribution in [0, 0.1) is 0 Å². The Balaban J connectivity index is 1.73. The second-order valence-electron chi connectivity index (χ2n) is 4.32. The zero-order chi connectivity index (χ0) is 13.9. The number of nitrogens with two attached hydrogens (primary N) is 1. The van der Waals surface area contributed by atoms with Crippen LogP contribution in [0.15, 0.2) is 53.5 Å². The molecule has 2 N–H and O–H groups in total. The van der Waals surface area contributed by atoms with E-state index in [1.807, 2.05) is 18.2 Å². The second-order valence-corrected chi connectivity index (χ2v) is 4.32. The fourth-order valence-electron chi connectivity index (χ4n) is 1.97. The van der Waals surface area contributed by atoms with Crippen molar-refractivity contribution in [3.8, 4) is 5.75 Å². The lowest BCUT2D eigenvalue weighted by Gasteiger charge is -2.07. The third kappa shape index (κ3) is 2.23. The number of benzene rings is 1. The first kappa shape index (κ1) is 12.3. The van der Waals surface area contributed by atoms with E-state index >= 15 is 0 Å². The van der Waals surface area contributed by atoms with Gasteiger partial charge in [0.1, 0.15) is 12.4 Å². The highest BCUT2D eigenvalue weighted by atomic mass is 16.5. The molecule has 0 unspecified atom stereocenters. The maximum Gasteiger partial charge on any atom is 0.350 e. The standard InChI is InChI=1S/C14H14N4O2/c15-11-5-1-2-6-12(11)20-10-9-18-14(19)17-8-4-3-7-13(17)16-18/h1-8H,9-10,15H2. The summed E-state index contributed by atoms with van der Waals surface area (Å²) in [5.74, 6) is 0.615. The van der Waals surface area contributed by atoms with E-state index in [2.05, 4.69) is 5.10 Å². The Kier molecular flexibility index (Phi) is 3.12. The van der Waals surface area contributed by atoms with Gasteiger partial charge in [0.25, 0.3) is 0 Å². The van der Waals surface area contributed by atoms with Crippen molar-refractivity contribution in [3.63, 3.8) is 0 Å². The average Bonchev–Trinajstić information content (AvgIpc) is 2.78. The molecular formula is C14H14N4O2. The van der Waals surface area contributed by atoms with Crippen LogP contribution in [0.25, 0.3) is 5.65 Å². The van der Waals surface area contributed by atoms with Gasteiger partial charge >= 0.3 is 5.69 Å². The van der Waals surface area contributed by atoms with Gasteiger partial charge in [0.2, 0.25) is 0 Å². The van der Waals surface area contributed by atoms with E-state index in [0.29, 0.717) is 30.2 Å². The monoisotopic (exact) mass is 270 g/mol. The average molecular weight is 270 g/mol. The molecule has 6 heteroatoms. The van der Waals surface area contributed by atoms with E-state index < -0.39 is 0 Å². The van der Waals surface area contributed by atoms with Gasteiger partial charge in [-0.15, -0.1) is 5.10 Å². The van der Waals surface area contributed by atoms with Crippen LogP contribution in [0.5, 0.6) is 5.75 Å². The number of aromatic nitrogens is 3. The molecule has 2 heterocycles. The smallest absolute Gasteiger partial charge is 0.350 e. The van der Waals surface area contributed by atoms with E-state index in [9.17, 15) is 4.79 Å². The van der Waals surface area contributed by atoms with Gasteiger partial charge in [0, 0.05) is 6.20 Å². The largest absolute Gasteiger partial charge is 0.489 e. The van der Waals surface area contributed by atoms with Gasteiger partial charge in [0.05, 0.1) is 12.2 Å². The second kappa shape index (κ2) is 5.08. The van der Waals surface area contributed by atoms with Crippen LogP contribution in [0.1, 0.15) is 0 Å². The van der Waals surface area contributed by atoms with Crippen molar-refractivity contribution < 1.29 is 4.74 Å². The summed E-state index contributed by atoms with van der Waals surface area (Å²) in [7, 11) is 0. The van der Waals surface area contributed by atoms with Crippen LogP contribution in [0.4, 0.5) is 5.69 Å². The van der Waals surface area contributed by atoms with E-state index in [-0.39, 0.29) is 5.69 Å². The fourth-order valence-corrected chi connectivity index (χ4v) is 1.97. The fraction of sp³-hybridized carbons (Fsp3) is 0.143. The lowest BCUT2D eigenvalue weighted by Crippen LogP contribution is -2.24. The molecule has 0 spiro atoms. The molecule has 0 saturated carbocycles. The van der Waals surface area contributed by atoms with Crippen molar-refractivity contribution in [2.75, 3.05) is 12.3 Å². The van der Waals surface area contributed by atoms with Crippen LogP contribution in [-0.2, 0) is 6.54 Å². The molecule has 2 aromatic heterocycles. The van der Waals surface area contributed by atoms with Gasteiger partial charge in [0.15, 0.2) is 5.65 Å². The number of fused-ring (bicyclic) bond motifs is 1. The predicted octanol–water partition coefficient (Wildman–Crippen LogP) is 1.16. The van der Waals surface area contributed by atoms with Gasteiger partial charge in [-0.1, -0.05) is 18.2 Å². The summed E-state index contributed by atoms with van der Waals surface area (Å²) in [6, 6.07) is 12.7. The van der Waals surface area contributed by atoms with Crippen molar-refractivity contribution in [3.05, 3.63) is 59.1 Å². The Labute approximate surface area is 115 Å². The zero-order valence-corrected chi connectivity index (χ0v) is 10.8. The summed E-state index contributed by atoms with van der Waals surface area (Å²) in [5.41, 5.74) is 6.80. The summed E-state index contributed by atoms with van der Waals surface area (Å²) in [5, 5.41) is 4.22. The number of nitrogens with zero attached hydrogens (tertiary/aromatic N) is 3. The number of ether oxygens (including phenoxy) is 1. The number of hydrogen-bond donors (Lipinski definition) is 1. The molecule has 0 radical (unpaired) electrons. The van der Waals surface area contributed by atoms with Crippen molar-refractivity contribution in [1.82, 2.24) is 14.2 Å². The number of para-hydroxylation sites is 2. The van der Waals surface area contributed by atoms with Crippen molar-refractivity contribution in [2.45, 2.75) is 6.54 Å². The number of anilines is 1. The highest BCUT2D eigenvalue weighted by molar-refractivity contribution is 5.51. The van der Waals surface area contributed by atoms with E-state index in [1.54, 1.807) is 30.5 Å². The van der Waals surface area contributed by atoms with Crippen LogP contribution < -0.4 is 16.2 Å². The van der Waals surface area contributed by atoms with Crippen LogP contribution in [0.3, 0.4) is 0 Å². The van der Waals surface area contributed by atoms with Gasteiger partial charge in [-0.3, -0.25) is 4.40 Å². The van der Waals surface area contributed by atoms with E-state index in [1.165, 1.54) is 9.08 Å². The topological polar surface area (TPSA) is 74.6 Å². The quantitative estimate of drug-likeness (QED) is 0.722. The first-order chi connectivity index (χ1) is 9.75. The maximum atomic E-state index is 12.0. The van der Waals surface area contributed by atoms with Crippen molar-refractivity contribution in [1.29, 1.82) is 0 Å². The summed E-state index contributed by atoms with van der Waals surface area (Å²) >= 11 is 0. The molecular weight excluding hydrogens is 256 g/mol. The molecule has 0 fully saturated rings. The molecule has 0 aliphatic heterocycles. The van der Waals surface area contributed by atoms with Crippen molar-refractivity contribution >= 4 is 11.3 Å². The maximum absolute atomic E-state index is 12.0. The van der Waals surface area contributed by atoms with Gasteiger partial charge in [-0.25, -0.2) is 9.48 Å². The molecule has 102 valence electrons. The SMILES string of the molecule is Nc1ccccc1OCCn1nc2ccccn2c1=O. The number of pyridine rings is 1. The van der Waals surface area contributed by atoms with Crippen LogP contribution in [0.2, 0.25) is 0 Å². The molecule has 0 saturated heterocycles. The molecule has 0 amide bonds. The molecule has 20 heavy (non-hydrogen) atoms. The lowest BCUT2D eigenvalue weighted by atomic mass is 10.3. The number of rotatable bonds is 4. The van der Waals surface area contributed by atoms with Gasteiger partial charge < -0.3 is 10.5 Å². The Morgan fingerprint density at radius 3 is 2.75 bits per heavy atom. The Morgan fingerprint density at radius 2 is 1.95 bits per heavy atom. The minimum absolute atomic E-state index is 0.176. The molecule has 0 atom stereocenters. The summed E-state index contributed by atoms with van der Waals surface area (Å²) in [6.07, 6.45) is 1.69. The van der Waals surface area contributed by atoms with Crippen LogP contribution >= 0.6 is 0 Å². The molecule has 0 aliphatic rings. The first-order valence-corrected chi connectivity index (χ1v) is 6.27. The van der Waals surface area contributed by atoms with E-state index in [4.69, 9.17) is 10.5 Å². The summed E-state index contributed by atoms with van der Waals surface area (Å²) in [6.45, 7) is 0.701. The molecule has 1 aromatic carbocycles. The third-order valence-electron chi connectivity index (χ3n) is 2.97. The molecule has 0 aliphatic carbocycles. The van der Waals surface area contributed by atoms with E-state index in [0.717, 1.165) is 0 Å². The molecule has 6 nitrogen and oxygen atoms in total. The third-order valence-corrected chi connectivity index (χ3v) is 2.97. The highest BCUT2D eigenvalue weighted by Crippen LogP contribution is 2.19. The number of hydrogen-bond acceptors (Lipinski definition) is 4. The minimum atomic E-state index is -0.176. The minimum Gasteiger partial charge on any atom is -0.489 e. The normalized spacial score (nSPS) is 10.8. The number of nitrogen functional groups attached to an aromatic ring is 1. The summed E-state index contributed by atoms with van der Waals surface area (Å²) < 4.78 is 8.44. The Morgan fingerprint density at radius 1 is 1.15 bits per heavy atom.